The first-order valence-corrected chi connectivity index (χ1v) is 5.49. The van der Waals surface area contributed by atoms with E-state index in [2.05, 4.69) is 13.2 Å². The van der Waals surface area contributed by atoms with Crippen LogP contribution < -0.4 is 0 Å². The molecule has 0 fully saturated rings. The molecule has 0 spiro atoms. The first-order chi connectivity index (χ1) is 8.63. The molecule has 0 aliphatic heterocycles. The van der Waals surface area contributed by atoms with Crippen LogP contribution in [0.15, 0.2) is 49.6 Å². The number of halogens is 2. The minimum absolute atomic E-state index is 0.356. The van der Waals surface area contributed by atoms with Crippen LogP contribution in [0.3, 0.4) is 0 Å². The number of benzene rings is 2. The van der Waals surface area contributed by atoms with Crippen molar-refractivity contribution < 1.29 is 8.78 Å². The van der Waals surface area contributed by atoms with E-state index < -0.39 is 5.82 Å². The van der Waals surface area contributed by atoms with Crippen molar-refractivity contribution in [2.75, 3.05) is 0 Å². The lowest BCUT2D eigenvalue weighted by molar-refractivity contribution is 0.624. The number of rotatable bonds is 3. The maximum absolute atomic E-state index is 13.8. The Labute approximate surface area is 105 Å². The van der Waals surface area contributed by atoms with Crippen LogP contribution in [-0.2, 0) is 0 Å². The van der Waals surface area contributed by atoms with Crippen molar-refractivity contribution in [2.45, 2.75) is 0 Å². The lowest BCUT2D eigenvalue weighted by Gasteiger charge is -2.07. The molecule has 2 heteroatoms. The molecule has 0 heterocycles. The Bertz CT molecular complexity index is 612. The van der Waals surface area contributed by atoms with E-state index in [1.165, 1.54) is 24.3 Å². The third kappa shape index (κ3) is 2.38. The summed E-state index contributed by atoms with van der Waals surface area (Å²) >= 11 is 0. The van der Waals surface area contributed by atoms with Crippen molar-refractivity contribution in [1.29, 1.82) is 0 Å². The van der Waals surface area contributed by atoms with E-state index in [9.17, 15) is 8.78 Å². The molecule has 2 aromatic carbocycles. The Morgan fingerprint density at radius 2 is 1.56 bits per heavy atom. The highest BCUT2D eigenvalue weighted by atomic mass is 19.1. The van der Waals surface area contributed by atoms with E-state index in [-0.39, 0.29) is 5.82 Å². The van der Waals surface area contributed by atoms with Crippen LogP contribution in [0.2, 0.25) is 0 Å². The smallest absolute Gasteiger partial charge is 0.131 e. The molecule has 0 radical (unpaired) electrons. The molecule has 0 saturated heterocycles. The molecule has 0 atom stereocenters. The van der Waals surface area contributed by atoms with Crippen molar-refractivity contribution in [1.82, 2.24) is 0 Å². The molecular formula is C16H12F2. The number of hydrogen-bond acceptors (Lipinski definition) is 0. The highest BCUT2D eigenvalue weighted by Gasteiger charge is 2.07. The Morgan fingerprint density at radius 3 is 2.22 bits per heavy atom. The van der Waals surface area contributed by atoms with E-state index in [1.807, 2.05) is 0 Å². The standard InChI is InChI=1S/C16H12F2/c1-3-11-5-6-16(18)15(9-11)13-7-12(4-2)8-14(17)10-13/h3-10H,1-2H2. The van der Waals surface area contributed by atoms with Gasteiger partial charge in [0.1, 0.15) is 11.6 Å². The average Bonchev–Trinajstić information content (AvgIpc) is 2.38. The van der Waals surface area contributed by atoms with E-state index >= 15 is 0 Å². The van der Waals surface area contributed by atoms with Gasteiger partial charge in [-0.1, -0.05) is 31.4 Å². The SMILES string of the molecule is C=Cc1cc(F)cc(-c2cc(C=C)ccc2F)c1. The van der Waals surface area contributed by atoms with E-state index in [1.54, 1.807) is 24.3 Å². The molecule has 0 N–H and O–H groups in total. The number of hydrogen-bond donors (Lipinski definition) is 0. The first kappa shape index (κ1) is 12.2. The highest BCUT2D eigenvalue weighted by Crippen LogP contribution is 2.26. The monoisotopic (exact) mass is 242 g/mol. The first-order valence-electron chi connectivity index (χ1n) is 5.49. The van der Waals surface area contributed by atoms with Crippen molar-refractivity contribution in [3.8, 4) is 11.1 Å². The second kappa shape index (κ2) is 4.96. The molecule has 18 heavy (non-hydrogen) atoms. The second-order valence-electron chi connectivity index (χ2n) is 3.92. The lowest BCUT2D eigenvalue weighted by Crippen LogP contribution is -1.88. The molecule has 2 aromatic rings. The molecule has 0 aromatic heterocycles. The Morgan fingerprint density at radius 1 is 0.833 bits per heavy atom. The maximum atomic E-state index is 13.8. The van der Waals surface area contributed by atoms with Crippen LogP contribution in [-0.4, -0.2) is 0 Å². The topological polar surface area (TPSA) is 0 Å². The molecule has 0 aliphatic rings. The molecular weight excluding hydrogens is 230 g/mol. The maximum Gasteiger partial charge on any atom is 0.131 e. The molecule has 0 amide bonds. The molecule has 0 bridgehead atoms. The minimum Gasteiger partial charge on any atom is -0.207 e. The largest absolute Gasteiger partial charge is 0.207 e. The van der Waals surface area contributed by atoms with Crippen molar-refractivity contribution in [3.05, 3.63) is 72.3 Å². The molecule has 0 nitrogen and oxygen atoms in total. The van der Waals surface area contributed by atoms with Gasteiger partial charge < -0.3 is 0 Å². The van der Waals surface area contributed by atoms with Gasteiger partial charge in [0, 0.05) is 5.56 Å². The van der Waals surface area contributed by atoms with Crippen molar-refractivity contribution >= 4 is 12.2 Å². The summed E-state index contributed by atoms with van der Waals surface area (Å²) in [6.45, 7) is 7.22. The third-order valence-corrected chi connectivity index (χ3v) is 2.69. The molecule has 2 rings (SSSR count). The van der Waals surface area contributed by atoms with Gasteiger partial charge in [0.15, 0.2) is 0 Å². The van der Waals surface area contributed by atoms with Crippen molar-refractivity contribution in [3.63, 3.8) is 0 Å². The van der Waals surface area contributed by atoms with E-state index in [4.69, 9.17) is 0 Å². The van der Waals surface area contributed by atoms with Gasteiger partial charge in [-0.15, -0.1) is 0 Å². The zero-order valence-electron chi connectivity index (χ0n) is 9.79. The van der Waals surface area contributed by atoms with E-state index in [0.29, 0.717) is 16.7 Å². The second-order valence-corrected chi connectivity index (χ2v) is 3.92. The fourth-order valence-corrected chi connectivity index (χ4v) is 1.78. The summed E-state index contributed by atoms with van der Waals surface area (Å²) in [4.78, 5) is 0. The zero-order valence-corrected chi connectivity index (χ0v) is 9.79. The molecule has 90 valence electrons. The average molecular weight is 242 g/mol. The summed E-state index contributed by atoms with van der Waals surface area (Å²) in [5.41, 5.74) is 2.25. The lowest BCUT2D eigenvalue weighted by atomic mass is 10.00. The van der Waals surface area contributed by atoms with Gasteiger partial charge >= 0.3 is 0 Å². The van der Waals surface area contributed by atoms with Gasteiger partial charge in [0.25, 0.3) is 0 Å². The van der Waals surface area contributed by atoms with Crippen LogP contribution in [0.1, 0.15) is 11.1 Å². The van der Waals surface area contributed by atoms with Gasteiger partial charge in [-0.3, -0.25) is 0 Å². The van der Waals surface area contributed by atoms with E-state index in [0.717, 1.165) is 5.56 Å². The zero-order chi connectivity index (χ0) is 13.1. The summed E-state index contributed by atoms with van der Waals surface area (Å²) in [5.74, 6) is -0.799. The minimum atomic E-state index is -0.411. The van der Waals surface area contributed by atoms with Crippen LogP contribution in [0.25, 0.3) is 23.3 Å². The van der Waals surface area contributed by atoms with Gasteiger partial charge in [0.05, 0.1) is 0 Å². The summed E-state index contributed by atoms with van der Waals surface area (Å²) in [6, 6.07) is 8.97. The Hall–Kier alpha value is -2.22. The fourth-order valence-electron chi connectivity index (χ4n) is 1.78. The summed E-state index contributed by atoms with van der Waals surface area (Å²) in [7, 11) is 0. The fraction of sp³-hybridized carbons (Fsp3) is 0. The van der Waals surface area contributed by atoms with Gasteiger partial charge in [-0.05, 0) is 47.0 Å². The van der Waals surface area contributed by atoms with Crippen LogP contribution in [0.5, 0.6) is 0 Å². The normalized spacial score (nSPS) is 10.1. The Kier molecular flexibility index (Phi) is 3.38. The van der Waals surface area contributed by atoms with Crippen molar-refractivity contribution in [2.24, 2.45) is 0 Å². The highest BCUT2D eigenvalue weighted by molar-refractivity contribution is 5.70. The van der Waals surface area contributed by atoms with Gasteiger partial charge in [-0.25, -0.2) is 8.78 Å². The molecule has 0 unspecified atom stereocenters. The molecule has 0 saturated carbocycles. The van der Waals surface area contributed by atoms with Crippen LogP contribution in [0.4, 0.5) is 8.78 Å². The van der Waals surface area contributed by atoms with Crippen LogP contribution in [0, 0.1) is 11.6 Å². The summed E-state index contributed by atoms with van der Waals surface area (Å²) in [5, 5.41) is 0. The van der Waals surface area contributed by atoms with Gasteiger partial charge in [-0.2, -0.15) is 0 Å². The predicted octanol–water partition coefficient (Wildman–Crippen LogP) is 4.92. The quantitative estimate of drug-likeness (QED) is 0.716. The predicted molar refractivity (Wildman–Crippen MR) is 72.0 cm³/mol. The summed E-state index contributed by atoms with van der Waals surface area (Å²) in [6.07, 6.45) is 3.15. The van der Waals surface area contributed by atoms with Gasteiger partial charge in [0.2, 0.25) is 0 Å². The molecule has 0 aliphatic carbocycles. The van der Waals surface area contributed by atoms with Crippen LogP contribution >= 0.6 is 0 Å². The Balaban J connectivity index is 2.63. The summed E-state index contributed by atoms with van der Waals surface area (Å²) < 4.78 is 27.2. The third-order valence-electron chi connectivity index (χ3n) is 2.69.